The third kappa shape index (κ3) is 8.35. The zero-order chi connectivity index (χ0) is 21.1. The minimum atomic E-state index is -0.155. The molecule has 0 saturated heterocycles. The van der Waals surface area contributed by atoms with Gasteiger partial charge in [-0.15, -0.1) is 0 Å². The Labute approximate surface area is 190 Å². The summed E-state index contributed by atoms with van der Waals surface area (Å²) in [6, 6.07) is 3.12. The minimum Gasteiger partial charge on any atom is -0.372 e. The summed E-state index contributed by atoms with van der Waals surface area (Å²) in [7, 11) is 0. The third-order valence-corrected chi connectivity index (χ3v) is 5.87. The number of anilines is 1. The molecule has 1 aliphatic rings. The number of rotatable bonds is 13. The van der Waals surface area contributed by atoms with Crippen LogP contribution in [0.3, 0.4) is 0 Å². The Morgan fingerprint density at radius 1 is 0.897 bits per heavy atom. The summed E-state index contributed by atoms with van der Waals surface area (Å²) in [5.74, 6) is 0.502. The van der Waals surface area contributed by atoms with Gasteiger partial charge >= 0.3 is 0 Å². The predicted octanol–water partition coefficient (Wildman–Crippen LogP) is 7.60. The van der Waals surface area contributed by atoms with Crippen molar-refractivity contribution in [1.82, 2.24) is 5.32 Å². The average molecular weight is 461 g/mol. The Hall–Kier alpha value is -0.970. The molecule has 162 valence electrons. The van der Waals surface area contributed by atoms with Crippen LogP contribution in [0.2, 0.25) is 15.1 Å². The molecule has 0 atom stereocenters. The summed E-state index contributed by atoms with van der Waals surface area (Å²) in [5, 5.41) is 9.94. The van der Waals surface area contributed by atoms with Crippen LogP contribution in [0.5, 0.6) is 0 Å². The summed E-state index contributed by atoms with van der Waals surface area (Å²) in [5.41, 5.74) is 0.384. The number of amidine groups is 1. The van der Waals surface area contributed by atoms with Crippen molar-refractivity contribution in [2.75, 3.05) is 11.6 Å². The fourth-order valence-electron chi connectivity index (χ4n) is 3.46. The first-order valence-corrected chi connectivity index (χ1v) is 11.9. The van der Waals surface area contributed by atoms with E-state index in [2.05, 4.69) is 17.3 Å². The molecule has 0 bridgehead atoms. The number of unbranched alkanes of at least 4 members (excludes halogenated alkanes) is 10. The van der Waals surface area contributed by atoms with Gasteiger partial charge in [0.1, 0.15) is 11.5 Å². The molecule has 1 N–H and O–H groups in total. The van der Waals surface area contributed by atoms with E-state index in [-0.39, 0.29) is 12.3 Å². The van der Waals surface area contributed by atoms with Crippen LogP contribution in [0, 0.1) is 0 Å². The largest absolute Gasteiger partial charge is 0.372 e. The van der Waals surface area contributed by atoms with Gasteiger partial charge in [-0.2, -0.15) is 10.1 Å². The van der Waals surface area contributed by atoms with Crippen molar-refractivity contribution in [3.8, 4) is 0 Å². The molecule has 0 unspecified atom stereocenters. The quantitative estimate of drug-likeness (QED) is 0.308. The Morgan fingerprint density at radius 2 is 1.41 bits per heavy atom. The molecule has 0 fully saturated rings. The molecule has 1 aromatic rings. The number of hydrazone groups is 1. The fraction of sp³-hybridized carbons (Fsp3) is 0.636. The molecule has 1 aliphatic heterocycles. The molecule has 0 spiro atoms. The number of halogens is 3. The molecule has 0 aromatic heterocycles. The van der Waals surface area contributed by atoms with Gasteiger partial charge in [0.15, 0.2) is 0 Å². The van der Waals surface area contributed by atoms with Crippen molar-refractivity contribution in [3.63, 3.8) is 0 Å². The molecule has 4 nitrogen and oxygen atoms in total. The second kappa shape index (κ2) is 13.4. The molecular formula is C22H32Cl3N3O. The summed E-state index contributed by atoms with van der Waals surface area (Å²) in [6.07, 6.45) is 14.7. The van der Waals surface area contributed by atoms with Gasteiger partial charge < -0.3 is 5.32 Å². The van der Waals surface area contributed by atoms with E-state index >= 15 is 0 Å². The van der Waals surface area contributed by atoms with Crippen LogP contribution in [0.15, 0.2) is 17.2 Å². The van der Waals surface area contributed by atoms with Crippen molar-refractivity contribution in [3.05, 3.63) is 27.2 Å². The number of nitrogens with zero attached hydrogens (tertiary/aromatic N) is 2. The molecule has 7 heteroatoms. The number of amides is 1. The Bertz CT molecular complexity index is 671. The lowest BCUT2D eigenvalue weighted by atomic mass is 10.1. The van der Waals surface area contributed by atoms with E-state index in [1.807, 2.05) is 0 Å². The zero-order valence-electron chi connectivity index (χ0n) is 17.3. The van der Waals surface area contributed by atoms with Crippen molar-refractivity contribution in [2.24, 2.45) is 5.10 Å². The number of carbonyl (C=O) groups is 1. The molecule has 1 heterocycles. The standard InChI is InChI=1S/C22H32Cl3N3O/c1-2-3-4-5-6-7-8-9-10-11-12-13-26-20-16-21(29)28(27-20)22-18(24)14-17(23)15-19(22)25/h14-15H,2-13,16H2,1H3,(H,26,27). The van der Waals surface area contributed by atoms with Gasteiger partial charge in [-0.3, -0.25) is 4.79 Å². The van der Waals surface area contributed by atoms with Gasteiger partial charge in [0.25, 0.3) is 5.91 Å². The lowest BCUT2D eigenvalue weighted by Crippen LogP contribution is -2.23. The molecule has 0 radical (unpaired) electrons. The van der Waals surface area contributed by atoms with Crippen LogP contribution in [0.4, 0.5) is 5.69 Å². The summed E-state index contributed by atoms with van der Waals surface area (Å²) in [6.45, 7) is 3.08. The van der Waals surface area contributed by atoms with E-state index in [0.29, 0.717) is 26.6 Å². The van der Waals surface area contributed by atoms with E-state index in [9.17, 15) is 4.79 Å². The monoisotopic (exact) mass is 459 g/mol. The van der Waals surface area contributed by atoms with Gasteiger partial charge in [0, 0.05) is 11.6 Å². The second-order valence-electron chi connectivity index (χ2n) is 7.61. The fourth-order valence-corrected chi connectivity index (χ4v) is 4.44. The Balaban J connectivity index is 1.62. The van der Waals surface area contributed by atoms with Gasteiger partial charge in [0.05, 0.1) is 16.5 Å². The number of hydrogen-bond acceptors (Lipinski definition) is 3. The molecule has 1 aromatic carbocycles. The number of benzene rings is 1. The van der Waals surface area contributed by atoms with Crippen molar-refractivity contribution in [2.45, 2.75) is 84.0 Å². The van der Waals surface area contributed by atoms with Gasteiger partial charge in [-0.25, -0.2) is 0 Å². The number of nitrogens with one attached hydrogen (secondary N) is 1. The SMILES string of the molecule is CCCCCCCCCCCCCNC1=NN(c2c(Cl)cc(Cl)cc2Cl)C(=O)C1. The van der Waals surface area contributed by atoms with Crippen molar-refractivity contribution < 1.29 is 4.79 Å². The van der Waals surface area contributed by atoms with Crippen LogP contribution in [-0.2, 0) is 4.79 Å². The van der Waals surface area contributed by atoms with Crippen LogP contribution >= 0.6 is 34.8 Å². The van der Waals surface area contributed by atoms with Crippen molar-refractivity contribution in [1.29, 1.82) is 0 Å². The van der Waals surface area contributed by atoms with Gasteiger partial charge in [-0.1, -0.05) is 106 Å². The van der Waals surface area contributed by atoms with E-state index < -0.39 is 0 Å². The highest BCUT2D eigenvalue weighted by Crippen LogP contribution is 2.38. The first-order chi connectivity index (χ1) is 14.0. The van der Waals surface area contributed by atoms with Crippen LogP contribution < -0.4 is 10.3 Å². The Morgan fingerprint density at radius 3 is 1.97 bits per heavy atom. The number of hydrogen-bond donors (Lipinski definition) is 1. The molecular weight excluding hydrogens is 429 g/mol. The smallest absolute Gasteiger partial charge is 0.255 e. The van der Waals surface area contributed by atoms with Crippen LogP contribution in [-0.4, -0.2) is 18.3 Å². The maximum atomic E-state index is 12.3. The lowest BCUT2D eigenvalue weighted by molar-refractivity contribution is -0.116. The second-order valence-corrected chi connectivity index (χ2v) is 8.86. The maximum Gasteiger partial charge on any atom is 0.255 e. The molecule has 0 saturated carbocycles. The van der Waals surface area contributed by atoms with Gasteiger partial charge in [-0.05, 0) is 18.6 Å². The van der Waals surface area contributed by atoms with Gasteiger partial charge in [0.2, 0.25) is 0 Å². The maximum absolute atomic E-state index is 12.3. The third-order valence-electron chi connectivity index (χ3n) is 5.08. The van der Waals surface area contributed by atoms with E-state index in [4.69, 9.17) is 34.8 Å². The zero-order valence-corrected chi connectivity index (χ0v) is 19.6. The van der Waals surface area contributed by atoms with Crippen LogP contribution in [0.25, 0.3) is 0 Å². The molecule has 1 amide bonds. The normalized spacial score (nSPS) is 13.9. The summed E-state index contributed by atoms with van der Waals surface area (Å²) < 4.78 is 0. The highest BCUT2D eigenvalue weighted by molar-refractivity contribution is 6.42. The summed E-state index contributed by atoms with van der Waals surface area (Å²) >= 11 is 18.3. The number of carbonyl (C=O) groups excluding carboxylic acids is 1. The lowest BCUT2D eigenvalue weighted by Gasteiger charge is -2.15. The van der Waals surface area contributed by atoms with E-state index in [0.717, 1.165) is 13.0 Å². The molecule has 29 heavy (non-hydrogen) atoms. The highest BCUT2D eigenvalue weighted by atomic mass is 35.5. The predicted molar refractivity (Wildman–Crippen MR) is 125 cm³/mol. The van der Waals surface area contributed by atoms with Crippen LogP contribution in [0.1, 0.15) is 84.0 Å². The minimum absolute atomic E-state index is 0.155. The first kappa shape index (κ1) is 24.3. The molecule has 0 aliphatic carbocycles. The van der Waals surface area contributed by atoms with Crippen molar-refractivity contribution >= 4 is 52.2 Å². The van der Waals surface area contributed by atoms with E-state index in [1.54, 1.807) is 12.1 Å². The topological polar surface area (TPSA) is 44.7 Å². The molecule has 2 rings (SSSR count). The highest BCUT2D eigenvalue weighted by Gasteiger charge is 2.28. The Kier molecular flexibility index (Phi) is 11.2. The average Bonchev–Trinajstić information content (AvgIpc) is 3.02. The first-order valence-electron chi connectivity index (χ1n) is 10.8. The van der Waals surface area contributed by atoms with E-state index in [1.165, 1.54) is 69.2 Å². The summed E-state index contributed by atoms with van der Waals surface area (Å²) in [4.78, 5) is 12.3.